The van der Waals surface area contributed by atoms with Gasteiger partial charge in [-0.3, -0.25) is 4.78 Å². The fourth-order valence-corrected chi connectivity index (χ4v) is 5.45. The highest BCUT2D eigenvalue weighted by Gasteiger charge is 2.33. The summed E-state index contributed by atoms with van der Waals surface area (Å²) in [5, 5.41) is 17.0. The number of halogens is 1. The van der Waals surface area contributed by atoms with Gasteiger partial charge >= 0.3 is 0 Å². The van der Waals surface area contributed by atoms with Crippen molar-refractivity contribution in [3.63, 3.8) is 0 Å². The van der Waals surface area contributed by atoms with Crippen molar-refractivity contribution in [2.75, 3.05) is 24.7 Å². The Morgan fingerprint density at radius 1 is 1.27 bits per heavy atom. The first kappa shape index (κ1) is 21.5. The normalized spacial score (nSPS) is 27.5. The van der Waals surface area contributed by atoms with Gasteiger partial charge < -0.3 is 20.2 Å². The minimum atomic E-state index is -2.67. The molecule has 2 aromatic heterocycles. The molecular weight excluding hydrogens is 428 g/mol. The van der Waals surface area contributed by atoms with Crippen LogP contribution < -0.4 is 10.6 Å². The van der Waals surface area contributed by atoms with Crippen molar-refractivity contribution in [2.45, 2.75) is 55.4 Å². The van der Waals surface area contributed by atoms with Crippen LogP contribution in [0.3, 0.4) is 0 Å². The third kappa shape index (κ3) is 4.77. The first-order valence-electron chi connectivity index (χ1n) is 10.2. The average molecular weight is 455 g/mol. The fourth-order valence-electron chi connectivity index (χ4n) is 4.12. The topological polar surface area (TPSA) is 137 Å². The van der Waals surface area contributed by atoms with Gasteiger partial charge in [0.1, 0.15) is 5.69 Å². The summed E-state index contributed by atoms with van der Waals surface area (Å²) in [5.74, 6) is 1.81. The zero-order valence-electron chi connectivity index (χ0n) is 16.8. The summed E-state index contributed by atoms with van der Waals surface area (Å²) in [6, 6.07) is -0.281. The molecule has 0 spiro atoms. The van der Waals surface area contributed by atoms with E-state index in [0.717, 1.165) is 25.9 Å². The summed E-state index contributed by atoms with van der Waals surface area (Å²) >= 11 is 6.31. The molecule has 1 saturated carbocycles. The predicted molar refractivity (Wildman–Crippen MR) is 115 cm³/mol. The lowest BCUT2D eigenvalue weighted by Gasteiger charge is -2.33. The molecule has 11 heteroatoms. The summed E-state index contributed by atoms with van der Waals surface area (Å²) in [4.78, 5) is 13.1. The number of nitrogens with zero attached hydrogens (tertiary/aromatic N) is 3. The summed E-state index contributed by atoms with van der Waals surface area (Å²) in [6.07, 6.45) is 7.31. The molecule has 0 radical (unpaired) electrons. The Balaban J connectivity index is 1.48. The molecule has 0 bridgehead atoms. The molecule has 3 heterocycles. The van der Waals surface area contributed by atoms with Crippen LogP contribution in [0.5, 0.6) is 0 Å². The first-order valence-corrected chi connectivity index (χ1v) is 12.6. The van der Waals surface area contributed by atoms with Gasteiger partial charge in [-0.05, 0) is 45.2 Å². The molecule has 2 fully saturated rings. The van der Waals surface area contributed by atoms with E-state index < -0.39 is 15.8 Å². The van der Waals surface area contributed by atoms with Crippen LogP contribution in [-0.4, -0.2) is 61.0 Å². The fraction of sp³-hybridized carbons (Fsp3) is 0.632. The lowest BCUT2D eigenvalue weighted by atomic mass is 9.92. The summed E-state index contributed by atoms with van der Waals surface area (Å²) in [5.41, 5.74) is 0.452. The first-order chi connectivity index (χ1) is 14.3. The third-order valence-electron chi connectivity index (χ3n) is 5.91. The maximum atomic E-state index is 12.0. The second-order valence-electron chi connectivity index (χ2n) is 8.13. The Labute approximate surface area is 181 Å². The summed E-state index contributed by atoms with van der Waals surface area (Å²) in [7, 11) is -2.67. The average Bonchev–Trinajstić information content (AvgIpc) is 3.21. The van der Waals surface area contributed by atoms with E-state index >= 15 is 0 Å². The number of oxazole rings is 1. The van der Waals surface area contributed by atoms with Gasteiger partial charge in [0.25, 0.3) is 0 Å². The van der Waals surface area contributed by atoms with Crippen LogP contribution in [0.2, 0.25) is 5.02 Å². The van der Waals surface area contributed by atoms with E-state index in [0.29, 0.717) is 47.6 Å². The summed E-state index contributed by atoms with van der Waals surface area (Å²) < 4.78 is 25.7. The molecule has 4 atom stereocenters. The molecule has 2 aliphatic rings. The molecule has 1 aliphatic carbocycles. The molecule has 1 unspecified atom stereocenters. The summed E-state index contributed by atoms with van der Waals surface area (Å²) in [6.45, 7) is 1.89. The van der Waals surface area contributed by atoms with Crippen molar-refractivity contribution in [3.05, 3.63) is 23.3 Å². The Kier molecular flexibility index (Phi) is 6.29. The molecule has 4 rings (SSSR count). The van der Waals surface area contributed by atoms with Crippen molar-refractivity contribution in [2.24, 2.45) is 0 Å². The van der Waals surface area contributed by atoms with Crippen molar-refractivity contribution < 1.29 is 13.7 Å². The van der Waals surface area contributed by atoms with E-state index in [9.17, 15) is 9.32 Å². The maximum Gasteiger partial charge on any atom is 0.223 e. The lowest BCUT2D eigenvalue weighted by molar-refractivity contribution is 0.118. The highest BCUT2D eigenvalue weighted by molar-refractivity contribution is 7.92. The number of aromatic nitrogens is 3. The number of hydrogen-bond donors (Lipinski definition) is 4. The zero-order chi connectivity index (χ0) is 21.3. The highest BCUT2D eigenvalue weighted by atomic mass is 35.5. The minimum Gasteiger partial charge on any atom is -0.439 e. The number of aliphatic hydroxyl groups excluding tert-OH is 1. The Bertz CT molecular complexity index is 992. The van der Waals surface area contributed by atoms with Gasteiger partial charge in [-0.15, -0.1) is 0 Å². The van der Waals surface area contributed by atoms with Gasteiger partial charge in [0, 0.05) is 27.2 Å². The number of anilines is 1. The SMILES string of the molecule is CS(=N)(=O)[C@@H]1CC[C@@H](Nc2ncc(Cl)c(-c3cnc(C4CCNCC4)o3)n2)[C@H](O)C1. The smallest absolute Gasteiger partial charge is 0.223 e. The van der Waals surface area contributed by atoms with E-state index in [4.69, 9.17) is 20.8 Å². The monoisotopic (exact) mass is 454 g/mol. The van der Waals surface area contributed by atoms with Crippen LogP contribution in [-0.2, 0) is 9.73 Å². The van der Waals surface area contributed by atoms with Gasteiger partial charge in [-0.1, -0.05) is 11.6 Å². The van der Waals surface area contributed by atoms with Crippen LogP contribution in [0.4, 0.5) is 5.95 Å². The number of rotatable bonds is 5. The Morgan fingerprint density at radius 3 is 2.73 bits per heavy atom. The quantitative estimate of drug-likeness (QED) is 0.541. The van der Waals surface area contributed by atoms with Crippen molar-refractivity contribution in [1.82, 2.24) is 20.3 Å². The molecule has 9 nitrogen and oxygen atoms in total. The molecule has 1 saturated heterocycles. The largest absolute Gasteiger partial charge is 0.439 e. The lowest BCUT2D eigenvalue weighted by Crippen LogP contribution is -2.43. The van der Waals surface area contributed by atoms with Crippen LogP contribution in [0.15, 0.2) is 16.8 Å². The molecule has 30 heavy (non-hydrogen) atoms. The van der Waals surface area contributed by atoms with Crippen molar-refractivity contribution in [1.29, 1.82) is 4.78 Å². The highest BCUT2D eigenvalue weighted by Crippen LogP contribution is 2.32. The van der Waals surface area contributed by atoms with Crippen molar-refractivity contribution in [3.8, 4) is 11.5 Å². The van der Waals surface area contributed by atoms with Crippen LogP contribution in [0, 0.1) is 4.78 Å². The maximum absolute atomic E-state index is 12.0. The molecule has 1 aliphatic heterocycles. The second-order valence-corrected chi connectivity index (χ2v) is 11.0. The van der Waals surface area contributed by atoms with Gasteiger partial charge in [0.2, 0.25) is 5.95 Å². The molecular formula is C19H27ClN6O3S. The van der Waals surface area contributed by atoms with E-state index in [2.05, 4.69) is 25.6 Å². The Morgan fingerprint density at radius 2 is 2.03 bits per heavy atom. The predicted octanol–water partition coefficient (Wildman–Crippen LogP) is 2.62. The van der Waals surface area contributed by atoms with Gasteiger partial charge in [0.05, 0.1) is 29.6 Å². The third-order valence-corrected chi connectivity index (χ3v) is 7.89. The number of nitrogens with one attached hydrogen (secondary N) is 3. The number of aliphatic hydroxyl groups is 1. The van der Waals surface area contributed by atoms with E-state index in [1.54, 1.807) is 6.20 Å². The number of hydrogen-bond acceptors (Lipinski definition) is 9. The minimum absolute atomic E-state index is 0.281. The van der Waals surface area contributed by atoms with Crippen LogP contribution in [0.1, 0.15) is 43.9 Å². The molecule has 0 aromatic carbocycles. The van der Waals surface area contributed by atoms with Gasteiger partial charge in [0.15, 0.2) is 11.7 Å². The van der Waals surface area contributed by atoms with E-state index in [1.807, 2.05) is 0 Å². The van der Waals surface area contributed by atoms with E-state index in [-0.39, 0.29) is 17.2 Å². The van der Waals surface area contributed by atoms with Gasteiger partial charge in [-0.2, -0.15) is 0 Å². The standard InChI is InChI=1S/C19H27ClN6O3S/c1-30(21,28)12-2-3-14(15(27)8-12)25-19-24-9-13(20)17(26-19)16-10-23-18(29-16)11-4-6-22-7-5-11/h9-12,14-15,21-22,27H,2-8H2,1H3,(H,24,25,26)/t12-,14-,15-,30?/m1/s1. The van der Waals surface area contributed by atoms with Crippen LogP contribution in [0.25, 0.3) is 11.5 Å². The molecule has 4 N–H and O–H groups in total. The molecule has 0 amide bonds. The second kappa shape index (κ2) is 8.78. The van der Waals surface area contributed by atoms with E-state index in [1.165, 1.54) is 12.5 Å². The zero-order valence-corrected chi connectivity index (χ0v) is 18.4. The molecule has 164 valence electrons. The van der Waals surface area contributed by atoms with Gasteiger partial charge in [-0.25, -0.2) is 19.2 Å². The van der Waals surface area contributed by atoms with Crippen molar-refractivity contribution >= 4 is 27.3 Å². The number of piperidine rings is 1. The molecule has 2 aromatic rings. The Hall–Kier alpha value is -1.75. The van der Waals surface area contributed by atoms with Crippen LogP contribution >= 0.6 is 11.6 Å².